The zero-order chi connectivity index (χ0) is 16.4. The molecule has 5 heteroatoms. The first-order chi connectivity index (χ1) is 11.0. The fourth-order valence-electron chi connectivity index (χ4n) is 3.06. The third kappa shape index (κ3) is 3.77. The van der Waals surface area contributed by atoms with Gasteiger partial charge in [0.25, 0.3) is 5.91 Å². The van der Waals surface area contributed by atoms with Gasteiger partial charge in [-0.15, -0.1) is 11.3 Å². The molecule has 2 heterocycles. The summed E-state index contributed by atoms with van der Waals surface area (Å²) in [6, 6.07) is 11.2. The number of nitrogens with zero attached hydrogens (tertiary/aromatic N) is 1. The standard InChI is InChI=1S/C18H20ClNO2S/c1-12-2-7-16(23-12)18(22)20-10-8-14(9-11-20)17(21)13-3-5-15(19)6-4-13/h2-7,14,17,21H,8-11H2,1H3. The Balaban J connectivity index is 1.59. The summed E-state index contributed by atoms with van der Waals surface area (Å²) < 4.78 is 0. The van der Waals surface area contributed by atoms with Crippen molar-refractivity contribution in [3.63, 3.8) is 0 Å². The number of likely N-dealkylation sites (tertiary alicyclic amines) is 1. The van der Waals surface area contributed by atoms with Gasteiger partial charge in [0.15, 0.2) is 0 Å². The minimum absolute atomic E-state index is 0.113. The number of amides is 1. The zero-order valence-corrected chi connectivity index (χ0v) is 14.6. The first-order valence-corrected chi connectivity index (χ1v) is 9.03. The van der Waals surface area contributed by atoms with Crippen molar-refractivity contribution in [3.8, 4) is 0 Å². The summed E-state index contributed by atoms with van der Waals surface area (Å²) >= 11 is 7.43. The number of hydrogen-bond donors (Lipinski definition) is 1. The molecule has 1 saturated heterocycles. The molecule has 1 fully saturated rings. The normalized spacial score (nSPS) is 17.3. The molecule has 2 aromatic rings. The number of halogens is 1. The number of hydrogen-bond acceptors (Lipinski definition) is 3. The molecule has 0 bridgehead atoms. The minimum Gasteiger partial charge on any atom is -0.388 e. The van der Waals surface area contributed by atoms with Crippen LogP contribution in [0.3, 0.4) is 0 Å². The van der Waals surface area contributed by atoms with Gasteiger partial charge in [-0.05, 0) is 55.5 Å². The molecule has 1 amide bonds. The van der Waals surface area contributed by atoms with E-state index in [9.17, 15) is 9.90 Å². The molecule has 0 radical (unpaired) electrons. The predicted octanol–water partition coefficient (Wildman–Crippen LogP) is 4.30. The average molecular weight is 350 g/mol. The maximum absolute atomic E-state index is 12.5. The molecule has 0 saturated carbocycles. The number of rotatable bonds is 3. The van der Waals surface area contributed by atoms with E-state index in [0.717, 1.165) is 28.2 Å². The Morgan fingerprint density at radius 3 is 2.43 bits per heavy atom. The second kappa shape index (κ2) is 7.04. The zero-order valence-electron chi connectivity index (χ0n) is 13.0. The molecule has 0 aliphatic carbocycles. The van der Waals surface area contributed by atoms with Crippen molar-refractivity contribution in [1.82, 2.24) is 4.90 Å². The lowest BCUT2D eigenvalue weighted by molar-refractivity contribution is 0.0465. The summed E-state index contributed by atoms with van der Waals surface area (Å²) in [6.07, 6.45) is 1.15. The van der Waals surface area contributed by atoms with E-state index in [-0.39, 0.29) is 11.8 Å². The topological polar surface area (TPSA) is 40.5 Å². The van der Waals surface area contributed by atoms with E-state index in [1.807, 2.05) is 36.1 Å². The van der Waals surface area contributed by atoms with Crippen LogP contribution in [-0.2, 0) is 0 Å². The van der Waals surface area contributed by atoms with Gasteiger partial charge in [0.1, 0.15) is 0 Å². The summed E-state index contributed by atoms with van der Waals surface area (Å²) in [4.78, 5) is 16.3. The Labute approximate surface area is 145 Å². The van der Waals surface area contributed by atoms with Crippen LogP contribution < -0.4 is 0 Å². The van der Waals surface area contributed by atoms with Gasteiger partial charge >= 0.3 is 0 Å². The van der Waals surface area contributed by atoms with E-state index in [4.69, 9.17) is 11.6 Å². The number of thiophene rings is 1. The SMILES string of the molecule is Cc1ccc(C(=O)N2CCC(C(O)c3ccc(Cl)cc3)CC2)s1. The highest BCUT2D eigenvalue weighted by molar-refractivity contribution is 7.13. The number of aliphatic hydroxyl groups excluding tert-OH is 1. The molecule has 23 heavy (non-hydrogen) atoms. The molecule has 1 N–H and O–H groups in total. The number of carbonyl (C=O) groups is 1. The number of aliphatic hydroxyl groups is 1. The molecule has 122 valence electrons. The maximum atomic E-state index is 12.5. The molecule has 1 aliphatic heterocycles. The van der Waals surface area contributed by atoms with Crippen LogP contribution in [0.1, 0.15) is 39.1 Å². The summed E-state index contributed by atoms with van der Waals surface area (Å²) in [7, 11) is 0. The third-order valence-electron chi connectivity index (χ3n) is 4.44. The lowest BCUT2D eigenvalue weighted by atomic mass is 9.87. The van der Waals surface area contributed by atoms with E-state index >= 15 is 0 Å². The Kier molecular flexibility index (Phi) is 5.05. The highest BCUT2D eigenvalue weighted by Crippen LogP contribution is 2.32. The van der Waals surface area contributed by atoms with Gasteiger partial charge < -0.3 is 10.0 Å². The van der Waals surface area contributed by atoms with Gasteiger partial charge in [-0.25, -0.2) is 0 Å². The maximum Gasteiger partial charge on any atom is 0.263 e. The summed E-state index contributed by atoms with van der Waals surface area (Å²) in [5.74, 6) is 0.299. The molecule has 0 spiro atoms. The second-order valence-electron chi connectivity index (χ2n) is 6.04. The Morgan fingerprint density at radius 2 is 1.87 bits per heavy atom. The fourth-order valence-corrected chi connectivity index (χ4v) is 4.02. The molecule has 1 aromatic carbocycles. The van der Waals surface area contributed by atoms with Crippen LogP contribution in [0, 0.1) is 12.8 Å². The van der Waals surface area contributed by atoms with Crippen LogP contribution in [0.2, 0.25) is 5.02 Å². The van der Waals surface area contributed by atoms with E-state index in [2.05, 4.69) is 0 Å². The largest absolute Gasteiger partial charge is 0.388 e. The number of aryl methyl sites for hydroxylation is 1. The van der Waals surface area contributed by atoms with Gasteiger partial charge in [0, 0.05) is 23.0 Å². The van der Waals surface area contributed by atoms with Gasteiger partial charge in [0.05, 0.1) is 11.0 Å². The first kappa shape index (κ1) is 16.5. The Bertz CT molecular complexity index is 675. The summed E-state index contributed by atoms with van der Waals surface area (Å²) in [6.45, 7) is 3.41. The van der Waals surface area contributed by atoms with Gasteiger partial charge in [-0.3, -0.25) is 4.79 Å². The first-order valence-electron chi connectivity index (χ1n) is 7.84. The lowest BCUT2D eigenvalue weighted by Gasteiger charge is -2.34. The van der Waals surface area contributed by atoms with Crippen molar-refractivity contribution in [1.29, 1.82) is 0 Å². The molecule has 1 aromatic heterocycles. The molecule has 3 nitrogen and oxygen atoms in total. The second-order valence-corrected chi connectivity index (χ2v) is 7.76. The number of carbonyl (C=O) groups excluding carboxylic acids is 1. The highest BCUT2D eigenvalue weighted by Gasteiger charge is 2.29. The molecular formula is C18H20ClNO2S. The van der Waals surface area contributed by atoms with Crippen LogP contribution in [0.4, 0.5) is 0 Å². The molecule has 1 unspecified atom stereocenters. The molecule has 3 rings (SSSR count). The van der Waals surface area contributed by atoms with Crippen LogP contribution in [-0.4, -0.2) is 29.0 Å². The third-order valence-corrected chi connectivity index (χ3v) is 5.68. The molecule has 1 atom stereocenters. The van der Waals surface area contributed by atoms with Crippen molar-refractivity contribution in [2.24, 2.45) is 5.92 Å². The summed E-state index contributed by atoms with van der Waals surface area (Å²) in [5, 5.41) is 11.2. The number of benzene rings is 1. The van der Waals surface area contributed by atoms with Crippen molar-refractivity contribution in [3.05, 3.63) is 56.7 Å². The lowest BCUT2D eigenvalue weighted by Crippen LogP contribution is -2.39. The fraction of sp³-hybridized carbons (Fsp3) is 0.389. The van der Waals surface area contributed by atoms with E-state index in [1.165, 1.54) is 0 Å². The molecular weight excluding hydrogens is 330 g/mol. The van der Waals surface area contributed by atoms with E-state index in [0.29, 0.717) is 18.1 Å². The number of piperidine rings is 1. The molecule has 1 aliphatic rings. The van der Waals surface area contributed by atoms with E-state index in [1.54, 1.807) is 23.5 Å². The Hall–Kier alpha value is -1.36. The smallest absolute Gasteiger partial charge is 0.263 e. The van der Waals surface area contributed by atoms with E-state index < -0.39 is 6.10 Å². The Morgan fingerprint density at radius 1 is 1.22 bits per heavy atom. The van der Waals surface area contributed by atoms with Crippen molar-refractivity contribution < 1.29 is 9.90 Å². The monoisotopic (exact) mass is 349 g/mol. The quantitative estimate of drug-likeness (QED) is 0.897. The predicted molar refractivity (Wildman–Crippen MR) is 94.1 cm³/mol. The van der Waals surface area contributed by atoms with Crippen LogP contribution >= 0.6 is 22.9 Å². The van der Waals surface area contributed by atoms with Crippen LogP contribution in [0.25, 0.3) is 0 Å². The van der Waals surface area contributed by atoms with Gasteiger partial charge in [-0.1, -0.05) is 23.7 Å². The van der Waals surface area contributed by atoms with Crippen LogP contribution in [0.5, 0.6) is 0 Å². The highest BCUT2D eigenvalue weighted by atomic mass is 35.5. The van der Waals surface area contributed by atoms with Crippen molar-refractivity contribution >= 4 is 28.8 Å². The van der Waals surface area contributed by atoms with Crippen molar-refractivity contribution in [2.75, 3.05) is 13.1 Å². The minimum atomic E-state index is -0.492. The van der Waals surface area contributed by atoms with Crippen molar-refractivity contribution in [2.45, 2.75) is 25.9 Å². The van der Waals surface area contributed by atoms with Gasteiger partial charge in [-0.2, -0.15) is 0 Å². The average Bonchev–Trinajstić information content (AvgIpc) is 3.01. The summed E-state index contributed by atoms with van der Waals surface area (Å²) in [5.41, 5.74) is 0.896. The van der Waals surface area contributed by atoms with Gasteiger partial charge in [0.2, 0.25) is 0 Å². The van der Waals surface area contributed by atoms with Crippen LogP contribution in [0.15, 0.2) is 36.4 Å².